The molecule has 3 nitrogen and oxygen atoms in total. The van der Waals surface area contributed by atoms with Crippen LogP contribution in [0.4, 0.5) is 0 Å². The summed E-state index contributed by atoms with van der Waals surface area (Å²) < 4.78 is 0. The first-order valence-corrected chi connectivity index (χ1v) is 10.4. The highest BCUT2D eigenvalue weighted by Gasteiger charge is 2.15. The minimum absolute atomic E-state index is 0.175. The molecule has 0 atom stereocenters. The second-order valence-electron chi connectivity index (χ2n) is 7.34. The molecular formula is C25H20Cl2N2O. The SMILES string of the molecule is Cc1ccc(-c2cc(C(=O)NCc3ccc(Cl)cc3)c3cc(Cl)ccc3n2)c(C)c1. The maximum atomic E-state index is 13.1. The van der Waals surface area contributed by atoms with Crippen LogP contribution in [0.3, 0.4) is 0 Å². The van der Waals surface area contributed by atoms with Crippen molar-refractivity contribution in [2.45, 2.75) is 20.4 Å². The van der Waals surface area contributed by atoms with E-state index in [-0.39, 0.29) is 5.91 Å². The Kier molecular flexibility index (Phi) is 5.76. The van der Waals surface area contributed by atoms with Gasteiger partial charge in [-0.25, -0.2) is 4.98 Å². The first-order chi connectivity index (χ1) is 14.4. The number of fused-ring (bicyclic) bond motifs is 1. The fourth-order valence-electron chi connectivity index (χ4n) is 3.50. The lowest BCUT2D eigenvalue weighted by atomic mass is 9.99. The Labute approximate surface area is 185 Å². The number of aromatic nitrogens is 1. The molecule has 4 rings (SSSR count). The van der Waals surface area contributed by atoms with E-state index in [4.69, 9.17) is 28.2 Å². The standard InChI is InChI=1S/C25H20Cl2N2O/c1-15-3-9-20(16(2)11-15)24-13-22(21-12-19(27)8-10-23(21)29-24)25(30)28-14-17-4-6-18(26)7-5-17/h3-13H,14H2,1-2H3,(H,28,30). The molecule has 0 aliphatic rings. The van der Waals surface area contributed by atoms with Gasteiger partial charge in [0.1, 0.15) is 0 Å². The fraction of sp³-hybridized carbons (Fsp3) is 0.120. The maximum absolute atomic E-state index is 13.1. The normalized spacial score (nSPS) is 10.9. The smallest absolute Gasteiger partial charge is 0.252 e. The molecule has 30 heavy (non-hydrogen) atoms. The summed E-state index contributed by atoms with van der Waals surface area (Å²) in [5.41, 5.74) is 6.31. The van der Waals surface area contributed by atoms with Crippen LogP contribution in [0.25, 0.3) is 22.2 Å². The van der Waals surface area contributed by atoms with Crippen LogP contribution in [0.1, 0.15) is 27.0 Å². The number of hydrogen-bond donors (Lipinski definition) is 1. The van der Waals surface area contributed by atoms with Crippen molar-refractivity contribution in [1.82, 2.24) is 10.3 Å². The zero-order valence-corrected chi connectivity index (χ0v) is 18.2. The number of halogens is 2. The number of carbonyl (C=O) groups is 1. The van der Waals surface area contributed by atoms with Gasteiger partial charge in [0, 0.05) is 27.5 Å². The molecule has 4 aromatic rings. The number of pyridine rings is 1. The first kappa shape index (κ1) is 20.4. The topological polar surface area (TPSA) is 42.0 Å². The molecule has 0 saturated heterocycles. The molecule has 0 unspecified atom stereocenters. The maximum Gasteiger partial charge on any atom is 0.252 e. The molecule has 0 radical (unpaired) electrons. The number of nitrogens with zero attached hydrogens (tertiary/aromatic N) is 1. The van der Waals surface area contributed by atoms with Crippen LogP contribution in [0.5, 0.6) is 0 Å². The number of hydrogen-bond acceptors (Lipinski definition) is 2. The van der Waals surface area contributed by atoms with Crippen LogP contribution >= 0.6 is 23.2 Å². The van der Waals surface area contributed by atoms with Gasteiger partial charge < -0.3 is 5.32 Å². The van der Waals surface area contributed by atoms with Crippen molar-refractivity contribution < 1.29 is 4.79 Å². The summed E-state index contributed by atoms with van der Waals surface area (Å²) in [6.45, 7) is 4.51. The van der Waals surface area contributed by atoms with Gasteiger partial charge in [0.2, 0.25) is 0 Å². The summed E-state index contributed by atoms with van der Waals surface area (Å²) in [6, 6.07) is 20.9. The van der Waals surface area contributed by atoms with Gasteiger partial charge in [-0.3, -0.25) is 4.79 Å². The van der Waals surface area contributed by atoms with Gasteiger partial charge in [-0.1, -0.05) is 59.1 Å². The lowest BCUT2D eigenvalue weighted by Crippen LogP contribution is -2.23. The van der Waals surface area contributed by atoms with E-state index in [1.807, 2.05) is 42.5 Å². The Morgan fingerprint density at radius 3 is 2.37 bits per heavy atom. The lowest BCUT2D eigenvalue weighted by Gasteiger charge is -2.13. The molecule has 1 N–H and O–H groups in total. The third kappa shape index (κ3) is 4.33. The Morgan fingerprint density at radius 2 is 1.63 bits per heavy atom. The van der Waals surface area contributed by atoms with Crippen molar-refractivity contribution in [3.8, 4) is 11.3 Å². The van der Waals surface area contributed by atoms with E-state index in [0.29, 0.717) is 22.2 Å². The monoisotopic (exact) mass is 434 g/mol. The summed E-state index contributed by atoms with van der Waals surface area (Å²) in [5, 5.41) is 4.95. The highest BCUT2D eigenvalue weighted by atomic mass is 35.5. The molecule has 0 aliphatic carbocycles. The third-order valence-corrected chi connectivity index (χ3v) is 5.53. The molecule has 0 bridgehead atoms. The number of rotatable bonds is 4. The molecule has 1 heterocycles. The van der Waals surface area contributed by atoms with Crippen LogP contribution in [-0.2, 0) is 6.54 Å². The van der Waals surface area contributed by atoms with E-state index in [2.05, 4.69) is 31.3 Å². The van der Waals surface area contributed by atoms with Gasteiger partial charge in [0.05, 0.1) is 16.8 Å². The predicted octanol–water partition coefficient (Wildman–Crippen LogP) is 6.76. The highest BCUT2D eigenvalue weighted by Crippen LogP contribution is 2.29. The van der Waals surface area contributed by atoms with Crippen molar-refractivity contribution in [3.63, 3.8) is 0 Å². The molecule has 3 aromatic carbocycles. The van der Waals surface area contributed by atoms with Crippen LogP contribution < -0.4 is 5.32 Å². The van der Waals surface area contributed by atoms with Gasteiger partial charge >= 0.3 is 0 Å². The summed E-state index contributed by atoms with van der Waals surface area (Å²) in [6.07, 6.45) is 0. The minimum atomic E-state index is -0.175. The van der Waals surface area contributed by atoms with Gasteiger partial charge in [0.15, 0.2) is 0 Å². The van der Waals surface area contributed by atoms with Crippen molar-refractivity contribution in [2.75, 3.05) is 0 Å². The highest BCUT2D eigenvalue weighted by molar-refractivity contribution is 6.31. The number of amides is 1. The van der Waals surface area contributed by atoms with Gasteiger partial charge in [0.25, 0.3) is 5.91 Å². The molecule has 0 fully saturated rings. The average molecular weight is 435 g/mol. The van der Waals surface area contributed by atoms with Gasteiger partial charge in [-0.2, -0.15) is 0 Å². The van der Waals surface area contributed by atoms with E-state index in [1.165, 1.54) is 5.56 Å². The molecule has 5 heteroatoms. The van der Waals surface area contributed by atoms with Crippen molar-refractivity contribution in [1.29, 1.82) is 0 Å². The zero-order chi connectivity index (χ0) is 21.3. The Hall–Kier alpha value is -2.88. The summed E-state index contributed by atoms with van der Waals surface area (Å²) in [5.74, 6) is -0.175. The predicted molar refractivity (Wildman–Crippen MR) is 124 cm³/mol. The third-order valence-electron chi connectivity index (χ3n) is 5.04. The molecule has 150 valence electrons. The largest absolute Gasteiger partial charge is 0.348 e. The van der Waals surface area contributed by atoms with E-state index in [0.717, 1.165) is 33.3 Å². The lowest BCUT2D eigenvalue weighted by molar-refractivity contribution is 0.0952. The first-order valence-electron chi connectivity index (χ1n) is 9.61. The van der Waals surface area contributed by atoms with Crippen LogP contribution in [0, 0.1) is 13.8 Å². The van der Waals surface area contributed by atoms with Crippen LogP contribution in [-0.4, -0.2) is 10.9 Å². The summed E-state index contributed by atoms with van der Waals surface area (Å²) in [7, 11) is 0. The molecule has 1 aromatic heterocycles. The number of nitrogens with one attached hydrogen (secondary N) is 1. The second-order valence-corrected chi connectivity index (χ2v) is 8.22. The Bertz CT molecular complexity index is 1250. The number of aryl methyl sites for hydroxylation is 2. The van der Waals surface area contributed by atoms with Gasteiger partial charge in [-0.15, -0.1) is 0 Å². The molecule has 0 saturated carbocycles. The Balaban J connectivity index is 1.75. The van der Waals surface area contributed by atoms with Crippen molar-refractivity contribution in [2.24, 2.45) is 0 Å². The van der Waals surface area contributed by atoms with E-state index in [9.17, 15) is 4.79 Å². The quantitative estimate of drug-likeness (QED) is 0.385. The molecule has 1 amide bonds. The minimum Gasteiger partial charge on any atom is -0.348 e. The van der Waals surface area contributed by atoms with Crippen molar-refractivity contribution in [3.05, 3.63) is 99.0 Å². The second kappa shape index (κ2) is 8.47. The number of benzene rings is 3. The summed E-state index contributed by atoms with van der Waals surface area (Å²) in [4.78, 5) is 17.9. The Morgan fingerprint density at radius 1 is 0.900 bits per heavy atom. The zero-order valence-electron chi connectivity index (χ0n) is 16.7. The van der Waals surface area contributed by atoms with E-state index >= 15 is 0 Å². The van der Waals surface area contributed by atoms with Gasteiger partial charge in [-0.05, 0) is 61.4 Å². The molecule has 0 spiro atoms. The average Bonchev–Trinajstić information content (AvgIpc) is 2.72. The summed E-state index contributed by atoms with van der Waals surface area (Å²) >= 11 is 12.2. The van der Waals surface area contributed by atoms with Crippen molar-refractivity contribution >= 4 is 40.0 Å². The fourth-order valence-corrected chi connectivity index (χ4v) is 3.80. The molecular weight excluding hydrogens is 415 g/mol. The van der Waals surface area contributed by atoms with Crippen LogP contribution in [0.15, 0.2) is 66.7 Å². The molecule has 0 aliphatic heterocycles. The van der Waals surface area contributed by atoms with E-state index < -0.39 is 0 Å². The van der Waals surface area contributed by atoms with E-state index in [1.54, 1.807) is 12.1 Å². The number of carbonyl (C=O) groups excluding carboxylic acids is 1. The van der Waals surface area contributed by atoms with Crippen LogP contribution in [0.2, 0.25) is 10.0 Å².